The van der Waals surface area contributed by atoms with Crippen molar-refractivity contribution in [3.05, 3.63) is 18.2 Å². The molecule has 0 saturated heterocycles. The van der Waals surface area contributed by atoms with Crippen molar-refractivity contribution >= 4 is 36.3 Å². The Hall–Kier alpha value is -2.60. The number of hydrogen-bond donors (Lipinski definition) is 7. The minimum absolute atomic E-state index is 0.0925. The van der Waals surface area contributed by atoms with Crippen molar-refractivity contribution in [2.45, 2.75) is 57.8 Å². The molecule has 0 aliphatic carbocycles. The number of aromatic nitrogens is 2. The van der Waals surface area contributed by atoms with Crippen LogP contribution in [0.25, 0.3) is 0 Å². The van der Waals surface area contributed by atoms with Crippen LogP contribution in [0.15, 0.2) is 12.5 Å². The number of carboxylic acid groups (broad SMARTS) is 1. The molecular formula is C18H30N6O5S. The number of hydrogen-bond acceptors (Lipinski definition) is 7. The van der Waals surface area contributed by atoms with E-state index in [4.69, 9.17) is 5.73 Å². The Morgan fingerprint density at radius 2 is 1.83 bits per heavy atom. The first-order valence-electron chi connectivity index (χ1n) is 9.58. The van der Waals surface area contributed by atoms with E-state index in [1.165, 1.54) is 19.4 Å². The Morgan fingerprint density at radius 1 is 1.17 bits per heavy atom. The Bertz CT molecular complexity index is 729. The van der Waals surface area contributed by atoms with Gasteiger partial charge < -0.3 is 31.8 Å². The largest absolute Gasteiger partial charge is 0.480 e. The molecule has 3 amide bonds. The average Bonchev–Trinajstić information content (AvgIpc) is 3.22. The van der Waals surface area contributed by atoms with Gasteiger partial charge in [0.15, 0.2) is 0 Å². The highest BCUT2D eigenvalue weighted by Crippen LogP contribution is 2.08. The summed E-state index contributed by atoms with van der Waals surface area (Å²) in [4.78, 5) is 55.4. The van der Waals surface area contributed by atoms with E-state index < -0.39 is 47.9 Å². The van der Waals surface area contributed by atoms with Gasteiger partial charge in [0.05, 0.1) is 12.4 Å². The Kier molecular flexibility index (Phi) is 10.3. The van der Waals surface area contributed by atoms with Crippen LogP contribution in [0.5, 0.6) is 0 Å². The van der Waals surface area contributed by atoms with Crippen LogP contribution >= 0.6 is 12.6 Å². The Morgan fingerprint density at radius 3 is 2.33 bits per heavy atom. The van der Waals surface area contributed by atoms with Gasteiger partial charge in [0.1, 0.15) is 18.1 Å². The van der Waals surface area contributed by atoms with E-state index in [0.29, 0.717) is 12.1 Å². The van der Waals surface area contributed by atoms with E-state index in [-0.39, 0.29) is 18.1 Å². The number of nitrogens with two attached hydrogens (primary N) is 1. The Balaban J connectivity index is 2.83. The highest BCUT2D eigenvalue weighted by Gasteiger charge is 2.30. The van der Waals surface area contributed by atoms with Gasteiger partial charge in [-0.15, -0.1) is 0 Å². The van der Waals surface area contributed by atoms with Crippen molar-refractivity contribution < 1.29 is 24.3 Å². The summed E-state index contributed by atoms with van der Waals surface area (Å²) in [6.45, 7) is 4.95. The lowest BCUT2D eigenvalue weighted by atomic mass is 9.99. The summed E-state index contributed by atoms with van der Waals surface area (Å²) in [6.07, 6.45) is 3.59. The zero-order valence-corrected chi connectivity index (χ0v) is 18.1. The highest BCUT2D eigenvalue weighted by molar-refractivity contribution is 7.80. The fourth-order valence-electron chi connectivity index (χ4n) is 2.53. The van der Waals surface area contributed by atoms with E-state index in [1.54, 1.807) is 6.92 Å². The first-order chi connectivity index (χ1) is 14.1. The molecule has 0 aliphatic rings. The summed E-state index contributed by atoms with van der Waals surface area (Å²) in [7, 11) is 0. The number of thiol groups is 1. The molecule has 0 aliphatic heterocycles. The summed E-state index contributed by atoms with van der Waals surface area (Å²) < 4.78 is 0. The van der Waals surface area contributed by atoms with E-state index in [9.17, 15) is 24.3 Å². The van der Waals surface area contributed by atoms with Crippen LogP contribution in [0, 0.1) is 5.92 Å². The average molecular weight is 443 g/mol. The molecule has 5 atom stereocenters. The lowest BCUT2D eigenvalue weighted by molar-refractivity contribution is -0.143. The summed E-state index contributed by atoms with van der Waals surface area (Å²) in [6, 6.07) is -4.03. The van der Waals surface area contributed by atoms with E-state index in [0.717, 1.165) is 0 Å². The van der Waals surface area contributed by atoms with Crippen molar-refractivity contribution in [1.29, 1.82) is 0 Å². The number of amides is 3. The van der Waals surface area contributed by atoms with Crippen molar-refractivity contribution in [3.8, 4) is 0 Å². The second-order valence-electron chi connectivity index (χ2n) is 7.07. The van der Waals surface area contributed by atoms with E-state index >= 15 is 0 Å². The topological polar surface area (TPSA) is 179 Å². The molecule has 168 valence electrons. The maximum absolute atomic E-state index is 12.7. The van der Waals surface area contributed by atoms with Crippen molar-refractivity contribution in [2.24, 2.45) is 11.7 Å². The normalized spacial score (nSPS) is 15.9. The van der Waals surface area contributed by atoms with Crippen molar-refractivity contribution in [2.75, 3.05) is 5.75 Å². The lowest BCUT2D eigenvalue weighted by Gasteiger charge is -2.24. The maximum atomic E-state index is 12.7. The third kappa shape index (κ3) is 7.67. The standard InChI is InChI=1S/C18H30N6O5S/c1-4-9(2)14(18(28)29)24-15(25)10(3)22-17(27)13(5-11-6-20-8-21-11)23-16(26)12(19)7-30/h6,8-10,12-14,30H,4-5,7,19H2,1-3H3,(H,20,21)(H,22,27)(H,23,26)(H,24,25)(H,28,29). The molecule has 1 aromatic rings. The zero-order chi connectivity index (χ0) is 22.8. The number of aliphatic carboxylic acids is 1. The van der Waals surface area contributed by atoms with Gasteiger partial charge in [-0.2, -0.15) is 12.6 Å². The first-order valence-corrected chi connectivity index (χ1v) is 10.2. The third-order valence-corrected chi connectivity index (χ3v) is 5.07. The molecule has 7 N–H and O–H groups in total. The lowest BCUT2D eigenvalue weighted by Crippen LogP contribution is -2.57. The van der Waals surface area contributed by atoms with Crippen LogP contribution in [0.2, 0.25) is 0 Å². The summed E-state index contributed by atoms with van der Waals surface area (Å²) in [5.41, 5.74) is 6.24. The monoisotopic (exact) mass is 442 g/mol. The minimum atomic E-state index is -1.15. The molecule has 0 saturated carbocycles. The van der Waals surface area contributed by atoms with Gasteiger partial charge in [-0.1, -0.05) is 20.3 Å². The summed E-state index contributed by atoms with van der Waals surface area (Å²) in [5.74, 6) is -3.18. The van der Waals surface area contributed by atoms with Gasteiger partial charge in [-0.25, -0.2) is 9.78 Å². The van der Waals surface area contributed by atoms with Crippen molar-refractivity contribution in [3.63, 3.8) is 0 Å². The highest BCUT2D eigenvalue weighted by atomic mass is 32.1. The van der Waals surface area contributed by atoms with Gasteiger partial charge in [0.2, 0.25) is 17.7 Å². The number of H-pyrrole nitrogens is 1. The second kappa shape index (κ2) is 12.2. The van der Waals surface area contributed by atoms with Crippen LogP contribution in [0.1, 0.15) is 32.9 Å². The fourth-order valence-corrected chi connectivity index (χ4v) is 2.69. The molecular weight excluding hydrogens is 412 g/mol. The summed E-state index contributed by atoms with van der Waals surface area (Å²) in [5, 5.41) is 16.8. The number of carboxylic acids is 1. The van der Waals surface area contributed by atoms with Crippen LogP contribution < -0.4 is 21.7 Å². The molecule has 1 aromatic heterocycles. The van der Waals surface area contributed by atoms with Crippen LogP contribution in [0.3, 0.4) is 0 Å². The predicted molar refractivity (Wildman–Crippen MR) is 113 cm³/mol. The van der Waals surface area contributed by atoms with Crippen molar-refractivity contribution in [1.82, 2.24) is 25.9 Å². The van der Waals surface area contributed by atoms with Crippen LogP contribution in [0.4, 0.5) is 0 Å². The Labute approximate surface area is 180 Å². The molecule has 0 aromatic carbocycles. The molecule has 0 radical (unpaired) electrons. The molecule has 11 nitrogen and oxygen atoms in total. The number of aromatic amines is 1. The number of carbonyl (C=O) groups is 4. The SMILES string of the molecule is CCC(C)C(NC(=O)C(C)NC(=O)C(Cc1cnc[nH]1)NC(=O)C(N)CS)C(=O)O. The van der Waals surface area contributed by atoms with Gasteiger partial charge >= 0.3 is 5.97 Å². The third-order valence-electron chi connectivity index (χ3n) is 4.67. The molecule has 1 rings (SSSR count). The number of rotatable bonds is 12. The molecule has 5 unspecified atom stereocenters. The van der Waals surface area contributed by atoms with Gasteiger partial charge in [0.25, 0.3) is 0 Å². The number of imidazole rings is 1. The molecule has 0 spiro atoms. The molecule has 30 heavy (non-hydrogen) atoms. The van der Waals surface area contributed by atoms with E-state index in [2.05, 4.69) is 38.5 Å². The minimum Gasteiger partial charge on any atom is -0.480 e. The van der Waals surface area contributed by atoms with Gasteiger partial charge in [-0.3, -0.25) is 14.4 Å². The molecule has 12 heteroatoms. The zero-order valence-electron chi connectivity index (χ0n) is 17.2. The summed E-state index contributed by atoms with van der Waals surface area (Å²) >= 11 is 3.97. The fraction of sp³-hybridized carbons (Fsp3) is 0.611. The molecule has 1 heterocycles. The number of nitrogens with zero attached hydrogens (tertiary/aromatic N) is 1. The number of carbonyl (C=O) groups excluding carboxylic acids is 3. The predicted octanol–water partition coefficient (Wildman–Crippen LogP) is -1.19. The van der Waals surface area contributed by atoms with Gasteiger partial charge in [-0.05, 0) is 12.8 Å². The smallest absolute Gasteiger partial charge is 0.326 e. The second-order valence-corrected chi connectivity index (χ2v) is 7.44. The van der Waals surface area contributed by atoms with Crippen LogP contribution in [-0.2, 0) is 25.6 Å². The van der Waals surface area contributed by atoms with Crippen LogP contribution in [-0.4, -0.2) is 68.7 Å². The van der Waals surface area contributed by atoms with E-state index in [1.807, 2.05) is 6.92 Å². The number of nitrogens with one attached hydrogen (secondary N) is 4. The maximum Gasteiger partial charge on any atom is 0.326 e. The van der Waals surface area contributed by atoms with Gasteiger partial charge in [0, 0.05) is 24.1 Å². The first kappa shape index (κ1) is 25.4. The quantitative estimate of drug-likeness (QED) is 0.199. The molecule has 0 fully saturated rings. The molecule has 0 bridgehead atoms.